The molecule has 1 atom stereocenters. The van der Waals surface area contributed by atoms with Crippen molar-refractivity contribution in [2.75, 3.05) is 4.91 Å². The average molecular weight is 316 g/mol. The molecule has 0 aromatic rings. The van der Waals surface area contributed by atoms with Gasteiger partial charge in [-0.05, 0) is 18.7 Å². The maximum atomic E-state index is 10.8. The molecule has 0 aliphatic carbocycles. The molecule has 0 heterocycles. The molecule has 0 aliphatic rings. The number of Topliss-reactive ketones (excluding diaryl/α,β-unsaturated/α-hetero) is 1. The molecular formula is C7H15BINO4. The molecule has 7 heteroatoms. The molecule has 5 nitrogen and oxygen atoms in total. The highest BCUT2D eigenvalue weighted by atomic mass is 127. The first-order chi connectivity index (χ1) is 6.84. The number of aliphatic carboxylic acids is 1. The summed E-state index contributed by atoms with van der Waals surface area (Å²) in [6.45, 7) is 2.71. The van der Waals surface area contributed by atoms with Gasteiger partial charge in [-0.2, -0.15) is 0 Å². The zero-order chi connectivity index (χ0) is 12.4. The maximum Gasteiger partial charge on any atom is 0.374 e. The fraction of sp³-hybridized carbons (Fsp3) is 0.714. The first-order valence-corrected chi connectivity index (χ1v) is 5.39. The van der Waals surface area contributed by atoms with E-state index in [9.17, 15) is 9.59 Å². The standard InChI is InChI=1S/C6H12BNO4.CH3I/c1-4(9)5(3-6(10)11)8-7(2)12;1-2/h5,8,12H,3H2,1-2H3,(H,10,11);1H3/i;1D. The number of hydrogen-bond donors (Lipinski definition) is 3. The van der Waals surface area contributed by atoms with Gasteiger partial charge in [0, 0.05) is 1.37 Å². The molecule has 0 aromatic carbocycles. The lowest BCUT2D eigenvalue weighted by Gasteiger charge is -2.13. The lowest BCUT2D eigenvalue weighted by molar-refractivity contribution is -0.139. The van der Waals surface area contributed by atoms with Crippen LogP contribution in [0.25, 0.3) is 0 Å². The van der Waals surface area contributed by atoms with Crippen molar-refractivity contribution in [2.24, 2.45) is 0 Å². The molecule has 14 heavy (non-hydrogen) atoms. The zero-order valence-corrected chi connectivity index (χ0v) is 10.3. The second-order valence-electron chi connectivity index (χ2n) is 2.60. The number of nitrogens with one attached hydrogen (secondary N) is 1. The topological polar surface area (TPSA) is 86.6 Å². The predicted molar refractivity (Wildman–Crippen MR) is 63.6 cm³/mol. The molecule has 0 spiro atoms. The largest absolute Gasteiger partial charge is 0.481 e. The Kier molecular flexibility index (Phi) is 9.31. The van der Waals surface area contributed by atoms with Gasteiger partial charge in [-0.3, -0.25) is 9.59 Å². The Hall–Kier alpha value is -0.145. The summed E-state index contributed by atoms with van der Waals surface area (Å²) in [6.07, 6.45) is -0.305. The monoisotopic (exact) mass is 316 g/mol. The van der Waals surface area contributed by atoms with Crippen molar-refractivity contribution in [2.45, 2.75) is 26.2 Å². The third kappa shape index (κ3) is 9.94. The van der Waals surface area contributed by atoms with Crippen LogP contribution in [0, 0.1) is 0 Å². The van der Waals surface area contributed by atoms with Crippen LogP contribution in [0.5, 0.6) is 0 Å². The Morgan fingerprint density at radius 1 is 1.71 bits per heavy atom. The van der Waals surface area contributed by atoms with E-state index < -0.39 is 19.1 Å². The number of ketones is 1. The van der Waals surface area contributed by atoms with Crippen molar-refractivity contribution in [3.8, 4) is 0 Å². The number of carboxylic acids is 1. The van der Waals surface area contributed by atoms with Gasteiger partial charge in [-0.25, -0.2) is 0 Å². The molecule has 1 unspecified atom stereocenters. The van der Waals surface area contributed by atoms with Crippen LogP contribution in [0.3, 0.4) is 0 Å². The van der Waals surface area contributed by atoms with E-state index in [2.05, 4.69) is 5.23 Å². The van der Waals surface area contributed by atoms with Gasteiger partial charge >= 0.3 is 13.0 Å². The number of carbonyl (C=O) groups is 2. The van der Waals surface area contributed by atoms with Gasteiger partial charge in [-0.15, -0.1) is 0 Å². The Balaban J connectivity index is 0. The number of rotatable bonds is 5. The number of carbonyl (C=O) groups excluding carboxylic acids is 1. The summed E-state index contributed by atoms with van der Waals surface area (Å²) in [7, 11) is -0.877. The average Bonchev–Trinajstić information content (AvgIpc) is 2.02. The van der Waals surface area contributed by atoms with E-state index in [4.69, 9.17) is 11.5 Å². The van der Waals surface area contributed by atoms with E-state index in [0.717, 1.165) is 0 Å². The molecule has 0 bridgehead atoms. The highest BCUT2D eigenvalue weighted by Crippen LogP contribution is 1.94. The number of hydrogen-bond acceptors (Lipinski definition) is 4. The summed E-state index contributed by atoms with van der Waals surface area (Å²) in [4.78, 5) is 21.5. The van der Waals surface area contributed by atoms with E-state index >= 15 is 0 Å². The lowest BCUT2D eigenvalue weighted by Crippen LogP contribution is -2.45. The predicted octanol–water partition coefficient (Wildman–Crippen LogP) is 0.170. The van der Waals surface area contributed by atoms with Crippen LogP contribution in [0.1, 0.15) is 14.7 Å². The Morgan fingerprint density at radius 2 is 2.14 bits per heavy atom. The van der Waals surface area contributed by atoms with Crippen LogP contribution < -0.4 is 5.23 Å². The van der Waals surface area contributed by atoms with Gasteiger partial charge in [0.15, 0.2) is 0 Å². The van der Waals surface area contributed by atoms with Crippen molar-refractivity contribution >= 4 is 41.4 Å². The molecule has 0 rings (SSSR count). The summed E-state index contributed by atoms with van der Waals surface area (Å²) < 4.78 is 6.20. The van der Waals surface area contributed by atoms with E-state index in [-0.39, 0.29) is 12.2 Å². The van der Waals surface area contributed by atoms with Crippen LogP contribution in [0.2, 0.25) is 6.82 Å². The summed E-state index contributed by atoms with van der Waals surface area (Å²) in [5.74, 6) is -1.36. The summed E-state index contributed by atoms with van der Waals surface area (Å²) in [5.41, 5.74) is 0. The fourth-order valence-corrected chi connectivity index (χ4v) is 0.786. The molecule has 0 fully saturated rings. The fourth-order valence-electron chi connectivity index (χ4n) is 0.786. The smallest absolute Gasteiger partial charge is 0.374 e. The van der Waals surface area contributed by atoms with Crippen LogP contribution in [0.15, 0.2) is 0 Å². The van der Waals surface area contributed by atoms with Crippen LogP contribution in [-0.4, -0.2) is 39.9 Å². The minimum atomic E-state index is -1.07. The Bertz CT molecular complexity index is 205. The van der Waals surface area contributed by atoms with E-state index in [0.29, 0.717) is 4.91 Å². The van der Waals surface area contributed by atoms with Crippen molar-refractivity contribution in [1.29, 1.82) is 0 Å². The molecule has 3 N–H and O–H groups in total. The lowest BCUT2D eigenvalue weighted by atomic mass is 9.86. The van der Waals surface area contributed by atoms with E-state index in [1.165, 1.54) is 13.7 Å². The van der Waals surface area contributed by atoms with Crippen molar-refractivity contribution in [3.05, 3.63) is 0 Å². The highest BCUT2D eigenvalue weighted by Gasteiger charge is 2.20. The van der Waals surface area contributed by atoms with Crippen LogP contribution in [0.4, 0.5) is 0 Å². The van der Waals surface area contributed by atoms with Gasteiger partial charge < -0.3 is 15.4 Å². The molecule has 0 aliphatic heterocycles. The first-order valence-electron chi connectivity index (χ1n) is 4.57. The van der Waals surface area contributed by atoms with Gasteiger partial charge in [0.05, 0.1) is 12.5 Å². The number of halogens is 1. The molecule has 0 radical (unpaired) electrons. The summed E-state index contributed by atoms with van der Waals surface area (Å²) in [6, 6.07) is -0.803. The zero-order valence-electron chi connectivity index (χ0n) is 9.16. The van der Waals surface area contributed by atoms with E-state index in [1.54, 1.807) is 0 Å². The molecule has 0 amide bonds. The van der Waals surface area contributed by atoms with Gasteiger partial charge in [0.1, 0.15) is 5.78 Å². The molecule has 0 saturated heterocycles. The van der Waals surface area contributed by atoms with Crippen molar-refractivity contribution < 1.29 is 21.1 Å². The van der Waals surface area contributed by atoms with Crippen molar-refractivity contribution in [1.82, 2.24) is 5.23 Å². The number of carboxylic acid groups (broad SMARTS) is 1. The maximum absolute atomic E-state index is 10.8. The second kappa shape index (κ2) is 9.41. The highest BCUT2D eigenvalue weighted by molar-refractivity contribution is 14.1. The van der Waals surface area contributed by atoms with Gasteiger partial charge in [0.25, 0.3) is 0 Å². The number of alkyl halides is 1. The quantitative estimate of drug-likeness (QED) is 0.382. The molecule has 0 aromatic heterocycles. The SMILES string of the molecule is CB(O)NC(CC(=O)O)C(C)=O.[2H]CI. The van der Waals surface area contributed by atoms with E-state index in [1.807, 2.05) is 22.6 Å². The Labute approximate surface area is 98.9 Å². The minimum Gasteiger partial charge on any atom is -0.481 e. The molecule has 0 saturated carbocycles. The normalized spacial score (nSPS) is 11.9. The summed E-state index contributed by atoms with van der Waals surface area (Å²) in [5, 5.41) is 19.6. The molecule has 82 valence electrons. The second-order valence-corrected chi connectivity index (χ2v) is 2.60. The minimum absolute atomic E-state index is 0.293. The van der Waals surface area contributed by atoms with Crippen LogP contribution in [-0.2, 0) is 9.59 Å². The third-order valence-corrected chi connectivity index (χ3v) is 1.31. The Morgan fingerprint density at radius 3 is 2.36 bits per heavy atom. The first kappa shape index (κ1) is 13.9. The van der Waals surface area contributed by atoms with Crippen molar-refractivity contribution in [3.63, 3.8) is 0 Å². The van der Waals surface area contributed by atoms with Gasteiger partial charge in [-0.1, -0.05) is 22.6 Å². The van der Waals surface area contributed by atoms with Crippen LogP contribution >= 0.6 is 22.6 Å². The molecular weight excluding hydrogens is 300 g/mol. The third-order valence-electron chi connectivity index (χ3n) is 1.31. The summed E-state index contributed by atoms with van der Waals surface area (Å²) >= 11 is 1.96. The van der Waals surface area contributed by atoms with Gasteiger partial charge in [0.2, 0.25) is 0 Å².